The largest absolute Gasteiger partial charge is 0.493 e. The molecule has 1 heterocycles. The normalized spacial score (nSPS) is 14.3. The maximum Gasteiger partial charge on any atom is 0.281 e. The molecule has 1 amide bonds. The van der Waals surface area contributed by atoms with Gasteiger partial charge in [-0.25, -0.2) is 4.39 Å². The Balaban J connectivity index is 1.49. The molecule has 0 bridgehead atoms. The fraction of sp³-hybridized carbons (Fsp3) is 0.0833. The number of anilines is 1. The lowest BCUT2D eigenvalue weighted by Gasteiger charge is -2.13. The van der Waals surface area contributed by atoms with Crippen molar-refractivity contribution >= 4 is 40.7 Å². The number of nitrogens with one attached hydrogen (secondary N) is 1. The molecule has 8 nitrogen and oxygen atoms in total. The molecule has 3 aromatic rings. The van der Waals surface area contributed by atoms with E-state index in [9.17, 15) is 19.3 Å². The van der Waals surface area contributed by atoms with Gasteiger partial charge >= 0.3 is 0 Å². The van der Waals surface area contributed by atoms with Crippen LogP contribution in [0.25, 0.3) is 6.08 Å². The Morgan fingerprint density at radius 1 is 1.09 bits per heavy atom. The first-order valence-corrected chi connectivity index (χ1v) is 10.4. The summed E-state index contributed by atoms with van der Waals surface area (Å²) in [7, 11) is 1.50. The number of methoxy groups -OCH3 is 1. The fourth-order valence-corrected chi connectivity index (χ4v) is 3.59. The predicted molar refractivity (Wildman–Crippen MR) is 128 cm³/mol. The molecular formula is C24H18FN3O5S. The zero-order valence-electron chi connectivity index (χ0n) is 17.9. The van der Waals surface area contributed by atoms with E-state index in [2.05, 4.69) is 5.32 Å². The Bertz CT molecular complexity index is 1290. The number of amides is 1. The maximum atomic E-state index is 13.2. The molecule has 0 atom stereocenters. The van der Waals surface area contributed by atoms with Crippen molar-refractivity contribution < 1.29 is 23.6 Å². The molecule has 1 saturated heterocycles. The van der Waals surface area contributed by atoms with Gasteiger partial charge in [-0.2, -0.15) is 0 Å². The Labute approximate surface area is 199 Å². The van der Waals surface area contributed by atoms with Crippen molar-refractivity contribution in [3.8, 4) is 11.5 Å². The number of nitro groups is 1. The third kappa shape index (κ3) is 4.86. The number of nitrogens with zero attached hydrogens (tertiary/aromatic N) is 2. The van der Waals surface area contributed by atoms with Crippen LogP contribution in [0.3, 0.4) is 0 Å². The number of rotatable bonds is 7. The molecule has 1 fully saturated rings. The lowest BCUT2D eigenvalue weighted by atomic mass is 10.1. The number of nitro benzene ring substituents is 1. The third-order valence-electron chi connectivity index (χ3n) is 5.00. The number of benzene rings is 3. The average Bonchev–Trinajstić information content (AvgIpc) is 3.11. The number of carbonyl (C=O) groups excluding carboxylic acids is 1. The van der Waals surface area contributed by atoms with E-state index >= 15 is 0 Å². The number of hydrogen-bond donors (Lipinski definition) is 1. The van der Waals surface area contributed by atoms with Crippen LogP contribution in [0.15, 0.2) is 72.4 Å². The summed E-state index contributed by atoms with van der Waals surface area (Å²) in [6, 6.07) is 16.7. The van der Waals surface area contributed by atoms with Crippen LogP contribution in [0.1, 0.15) is 11.1 Å². The highest BCUT2D eigenvalue weighted by atomic mass is 32.1. The van der Waals surface area contributed by atoms with Gasteiger partial charge in [-0.15, -0.1) is 0 Å². The van der Waals surface area contributed by atoms with Gasteiger partial charge in [0.25, 0.3) is 11.6 Å². The molecule has 3 aromatic carbocycles. The number of non-ortho nitro benzene ring substituents is 1. The first-order valence-electron chi connectivity index (χ1n) is 10.0. The summed E-state index contributed by atoms with van der Waals surface area (Å²) in [5.41, 5.74) is 2.15. The van der Waals surface area contributed by atoms with Crippen LogP contribution in [0.4, 0.5) is 15.8 Å². The quantitative estimate of drug-likeness (QED) is 0.229. The number of hydrogen-bond acceptors (Lipinski definition) is 6. The molecule has 1 N–H and O–H groups in total. The van der Waals surface area contributed by atoms with E-state index < -0.39 is 10.7 Å². The molecule has 0 spiro atoms. The Kier molecular flexibility index (Phi) is 6.51. The van der Waals surface area contributed by atoms with Gasteiger partial charge in [0.05, 0.1) is 17.7 Å². The molecule has 0 unspecified atom stereocenters. The molecule has 1 aliphatic rings. The van der Waals surface area contributed by atoms with Gasteiger partial charge in [0.15, 0.2) is 16.6 Å². The van der Waals surface area contributed by atoms with Crippen LogP contribution in [-0.2, 0) is 11.4 Å². The molecule has 172 valence electrons. The number of carbonyl (C=O) groups is 1. The minimum absolute atomic E-state index is 0.00580. The Hall–Kier alpha value is -4.31. The smallest absolute Gasteiger partial charge is 0.281 e. The van der Waals surface area contributed by atoms with Crippen LogP contribution < -0.4 is 19.7 Å². The van der Waals surface area contributed by atoms with Crippen molar-refractivity contribution in [3.63, 3.8) is 0 Å². The van der Waals surface area contributed by atoms with Crippen molar-refractivity contribution in [2.75, 3.05) is 12.0 Å². The van der Waals surface area contributed by atoms with Crippen LogP contribution in [-0.4, -0.2) is 23.1 Å². The summed E-state index contributed by atoms with van der Waals surface area (Å²) in [6.45, 7) is 0.190. The average molecular weight is 479 g/mol. The summed E-state index contributed by atoms with van der Waals surface area (Å²) in [5, 5.41) is 13.8. The van der Waals surface area contributed by atoms with Crippen molar-refractivity contribution in [1.29, 1.82) is 0 Å². The summed E-state index contributed by atoms with van der Waals surface area (Å²) in [5.74, 6) is 0.138. The van der Waals surface area contributed by atoms with Crippen molar-refractivity contribution in [2.45, 2.75) is 6.61 Å². The van der Waals surface area contributed by atoms with Gasteiger partial charge in [0.2, 0.25) is 0 Å². The first kappa shape index (κ1) is 22.9. The van der Waals surface area contributed by atoms with E-state index in [0.29, 0.717) is 22.7 Å². The van der Waals surface area contributed by atoms with Gasteiger partial charge in [0, 0.05) is 12.1 Å². The topological polar surface area (TPSA) is 93.9 Å². The van der Waals surface area contributed by atoms with Crippen molar-refractivity contribution in [2.24, 2.45) is 0 Å². The maximum absolute atomic E-state index is 13.2. The summed E-state index contributed by atoms with van der Waals surface area (Å²) < 4.78 is 24.4. The molecule has 0 aromatic heterocycles. The van der Waals surface area contributed by atoms with E-state index in [1.807, 2.05) is 0 Å². The molecule has 1 aliphatic heterocycles. The minimum atomic E-state index is -0.462. The van der Waals surface area contributed by atoms with Gasteiger partial charge in [0.1, 0.15) is 18.1 Å². The van der Waals surface area contributed by atoms with Crippen molar-refractivity contribution in [3.05, 3.63) is 99.5 Å². The van der Waals surface area contributed by atoms with Crippen LogP contribution in [0.5, 0.6) is 11.5 Å². The highest BCUT2D eigenvalue weighted by Crippen LogP contribution is 2.30. The number of halogens is 1. The molecule has 10 heteroatoms. The summed E-state index contributed by atoms with van der Waals surface area (Å²) in [6.07, 6.45) is 1.63. The number of thiocarbonyl (C=S) groups is 1. The zero-order valence-corrected chi connectivity index (χ0v) is 18.7. The van der Waals surface area contributed by atoms with Gasteiger partial charge in [-0.1, -0.05) is 6.07 Å². The van der Waals surface area contributed by atoms with E-state index in [-0.39, 0.29) is 29.0 Å². The van der Waals surface area contributed by atoms with Crippen LogP contribution in [0, 0.1) is 15.9 Å². The highest BCUT2D eigenvalue weighted by molar-refractivity contribution is 7.80. The monoisotopic (exact) mass is 479 g/mol. The SMILES string of the molecule is COc1cc(/C=C2/NC(=S)N(c3ccc(F)cc3)C2=O)ccc1OCc1ccc([N+](=O)[O-])cc1. The first-order chi connectivity index (χ1) is 16.4. The van der Waals surface area contributed by atoms with Gasteiger partial charge < -0.3 is 14.8 Å². The van der Waals surface area contributed by atoms with E-state index in [0.717, 1.165) is 5.56 Å². The second kappa shape index (κ2) is 9.67. The molecule has 0 radical (unpaired) electrons. The van der Waals surface area contributed by atoms with Crippen LogP contribution in [0.2, 0.25) is 0 Å². The lowest BCUT2D eigenvalue weighted by molar-refractivity contribution is -0.384. The third-order valence-corrected chi connectivity index (χ3v) is 5.29. The summed E-state index contributed by atoms with van der Waals surface area (Å²) in [4.78, 5) is 24.5. The lowest BCUT2D eigenvalue weighted by Crippen LogP contribution is -2.30. The zero-order chi connectivity index (χ0) is 24.2. The minimum Gasteiger partial charge on any atom is -0.493 e. The van der Waals surface area contributed by atoms with Crippen LogP contribution >= 0.6 is 12.2 Å². The Morgan fingerprint density at radius 3 is 2.44 bits per heavy atom. The Morgan fingerprint density at radius 2 is 1.79 bits per heavy atom. The molecule has 34 heavy (non-hydrogen) atoms. The van der Waals surface area contributed by atoms with Gasteiger partial charge in [-0.05, 0) is 78.0 Å². The van der Waals surface area contributed by atoms with E-state index in [1.54, 1.807) is 36.4 Å². The van der Waals surface area contributed by atoms with Crippen molar-refractivity contribution in [1.82, 2.24) is 5.32 Å². The standard InChI is InChI=1S/C24H18FN3O5S/c1-32-22-13-16(4-11-21(22)33-14-15-2-7-19(8-3-15)28(30)31)12-20-23(29)27(24(34)26-20)18-9-5-17(25)6-10-18/h2-13H,14H2,1H3,(H,26,34)/b20-12+. The molecular weight excluding hydrogens is 461 g/mol. The fourth-order valence-electron chi connectivity index (χ4n) is 3.29. The highest BCUT2D eigenvalue weighted by Gasteiger charge is 2.32. The second-order valence-corrected chi connectivity index (χ2v) is 7.61. The number of ether oxygens (including phenoxy) is 2. The second-order valence-electron chi connectivity index (χ2n) is 7.23. The van der Waals surface area contributed by atoms with E-state index in [1.165, 1.54) is 48.4 Å². The predicted octanol–water partition coefficient (Wildman–Crippen LogP) is 4.58. The molecule has 0 saturated carbocycles. The summed E-state index contributed by atoms with van der Waals surface area (Å²) >= 11 is 5.28. The molecule has 4 rings (SSSR count). The van der Waals surface area contributed by atoms with Gasteiger partial charge in [-0.3, -0.25) is 19.8 Å². The molecule has 0 aliphatic carbocycles. The van der Waals surface area contributed by atoms with E-state index in [4.69, 9.17) is 21.7 Å².